The number of benzene rings is 3. The van der Waals surface area contributed by atoms with E-state index in [9.17, 15) is 13.2 Å². The van der Waals surface area contributed by atoms with E-state index in [2.05, 4.69) is 38.3 Å². The molecule has 42 heavy (non-hydrogen) atoms. The Morgan fingerprint density at radius 1 is 0.881 bits per heavy atom. The molecule has 3 aliphatic rings. The number of aromatic nitrogens is 2. The Kier molecular flexibility index (Phi) is 6.78. The van der Waals surface area contributed by atoms with E-state index in [4.69, 9.17) is 9.98 Å². The normalized spacial score (nSPS) is 16.7. The van der Waals surface area contributed by atoms with Gasteiger partial charge in [0, 0.05) is 42.5 Å². The van der Waals surface area contributed by atoms with E-state index >= 15 is 0 Å². The van der Waals surface area contributed by atoms with Crippen LogP contribution in [0.4, 0.5) is 35.4 Å². The van der Waals surface area contributed by atoms with Crippen LogP contribution in [-0.2, 0) is 6.18 Å². The number of alkyl halides is 3. The number of halogens is 3. The van der Waals surface area contributed by atoms with E-state index in [1.165, 1.54) is 29.0 Å². The van der Waals surface area contributed by atoms with Crippen LogP contribution in [0.2, 0.25) is 0 Å². The largest absolute Gasteiger partial charge is 0.416 e. The Bertz CT molecular complexity index is 1780. The van der Waals surface area contributed by atoms with Crippen LogP contribution in [0.15, 0.2) is 70.6 Å². The molecular formula is C31H28F3N7S. The molecule has 7 nitrogen and oxygen atoms in total. The van der Waals surface area contributed by atoms with E-state index in [-0.39, 0.29) is 0 Å². The molecule has 7 rings (SSSR count). The number of rotatable bonds is 6. The number of hydrogen-bond acceptors (Lipinski definition) is 8. The first-order valence-electron chi connectivity index (χ1n) is 14.0. The van der Waals surface area contributed by atoms with Crippen molar-refractivity contribution < 1.29 is 13.2 Å². The fraction of sp³-hybridized carbons (Fsp3) is 0.290. The summed E-state index contributed by atoms with van der Waals surface area (Å²) in [5.41, 5.74) is 4.86. The van der Waals surface area contributed by atoms with Crippen molar-refractivity contribution in [1.82, 2.24) is 15.1 Å². The molecule has 2 fully saturated rings. The summed E-state index contributed by atoms with van der Waals surface area (Å²) in [7, 11) is 0. The van der Waals surface area contributed by atoms with Gasteiger partial charge in [-0.1, -0.05) is 66.3 Å². The summed E-state index contributed by atoms with van der Waals surface area (Å²) < 4.78 is 39.5. The van der Waals surface area contributed by atoms with Crippen molar-refractivity contribution in [2.45, 2.75) is 25.9 Å². The lowest BCUT2D eigenvalue weighted by molar-refractivity contribution is -0.137. The lowest BCUT2D eigenvalue weighted by Crippen LogP contribution is -2.47. The third-order valence-corrected chi connectivity index (χ3v) is 8.75. The van der Waals surface area contributed by atoms with E-state index in [0.29, 0.717) is 16.5 Å². The van der Waals surface area contributed by atoms with Crippen molar-refractivity contribution in [1.29, 1.82) is 0 Å². The van der Waals surface area contributed by atoms with Crippen molar-refractivity contribution in [2.24, 2.45) is 9.98 Å². The third kappa shape index (κ3) is 5.18. The smallest absolute Gasteiger partial charge is 0.367 e. The number of hydrogen-bond donors (Lipinski definition) is 1. The van der Waals surface area contributed by atoms with Crippen LogP contribution >= 0.6 is 11.3 Å². The molecule has 3 aromatic carbocycles. The number of fused-ring (bicyclic) bond motifs is 1. The first kappa shape index (κ1) is 26.8. The summed E-state index contributed by atoms with van der Waals surface area (Å²) in [5.74, 6) is 0.419. The zero-order valence-electron chi connectivity index (χ0n) is 22.9. The minimum absolute atomic E-state index is 0.419. The Balaban J connectivity index is 1.32. The zero-order chi connectivity index (χ0) is 28.8. The number of amidine groups is 1. The second-order valence-corrected chi connectivity index (χ2v) is 11.5. The zero-order valence-corrected chi connectivity index (χ0v) is 23.8. The highest BCUT2D eigenvalue weighted by Crippen LogP contribution is 2.37. The fourth-order valence-electron chi connectivity index (χ4n) is 5.44. The van der Waals surface area contributed by atoms with E-state index < -0.39 is 11.7 Å². The predicted octanol–water partition coefficient (Wildman–Crippen LogP) is 5.77. The summed E-state index contributed by atoms with van der Waals surface area (Å²) in [6.45, 7) is 6.85. The average Bonchev–Trinajstić information content (AvgIpc) is 3.58. The molecule has 0 amide bonds. The van der Waals surface area contributed by atoms with E-state index in [1.54, 1.807) is 0 Å². The number of anilines is 3. The first-order valence-corrected chi connectivity index (χ1v) is 14.9. The molecule has 3 heterocycles. The number of piperazine rings is 1. The third-order valence-electron chi connectivity index (χ3n) is 7.86. The van der Waals surface area contributed by atoms with Crippen LogP contribution in [0, 0.1) is 0 Å². The molecule has 1 saturated carbocycles. The quantitative estimate of drug-likeness (QED) is 0.311. The number of likely N-dealkylation sites (N-methyl/N-ethyl adjacent to an activating group) is 1. The van der Waals surface area contributed by atoms with Gasteiger partial charge in [0.1, 0.15) is 10.4 Å². The number of nitrogens with one attached hydrogen (secondary N) is 1. The van der Waals surface area contributed by atoms with Crippen molar-refractivity contribution in [3.63, 3.8) is 0 Å². The van der Waals surface area contributed by atoms with Crippen LogP contribution in [0.1, 0.15) is 30.9 Å². The molecule has 1 aliphatic carbocycles. The minimum atomic E-state index is -4.39. The molecule has 0 atom stereocenters. The molecular weight excluding hydrogens is 559 g/mol. The molecule has 11 heteroatoms. The van der Waals surface area contributed by atoms with Crippen molar-refractivity contribution >= 4 is 44.9 Å². The monoisotopic (exact) mass is 587 g/mol. The van der Waals surface area contributed by atoms with Gasteiger partial charge in [-0.25, -0.2) is 9.98 Å². The van der Waals surface area contributed by atoms with Gasteiger partial charge < -0.3 is 15.1 Å². The summed E-state index contributed by atoms with van der Waals surface area (Å²) >= 11 is 1.49. The molecule has 0 unspecified atom stereocenters. The van der Waals surface area contributed by atoms with Gasteiger partial charge in [0.25, 0.3) is 0 Å². The first-order chi connectivity index (χ1) is 20.4. The predicted molar refractivity (Wildman–Crippen MR) is 160 cm³/mol. The van der Waals surface area contributed by atoms with E-state index in [0.717, 1.165) is 95.9 Å². The highest BCUT2D eigenvalue weighted by atomic mass is 32.1. The summed E-state index contributed by atoms with van der Waals surface area (Å²) in [6.07, 6.45) is -2.47. The van der Waals surface area contributed by atoms with Crippen molar-refractivity contribution in [2.75, 3.05) is 42.9 Å². The van der Waals surface area contributed by atoms with Gasteiger partial charge in [0.15, 0.2) is 5.84 Å². The second-order valence-electron chi connectivity index (χ2n) is 10.6. The summed E-state index contributed by atoms with van der Waals surface area (Å²) in [5, 5.41) is 15.8. The maximum Gasteiger partial charge on any atom is 0.416 e. The van der Waals surface area contributed by atoms with Crippen LogP contribution in [0.5, 0.6) is 0 Å². The molecule has 2 aliphatic heterocycles. The molecule has 1 saturated heterocycles. The fourth-order valence-corrected chi connectivity index (χ4v) is 6.19. The van der Waals surface area contributed by atoms with Crippen molar-refractivity contribution in [3.8, 4) is 10.6 Å². The number of nitrogens with zero attached hydrogens (tertiary/aromatic N) is 6. The minimum Gasteiger partial charge on any atom is -0.367 e. The van der Waals surface area contributed by atoms with Gasteiger partial charge in [-0.05, 0) is 37.6 Å². The molecule has 1 N–H and O–H groups in total. The maximum absolute atomic E-state index is 13.2. The molecule has 214 valence electrons. The standard InChI is InChI=1S/C31H28F3N7S/c1-2-40-14-16-41(17-15-40)24-18-23-26(36-28(35-23)20-10-12-22(13-11-20)31(32,33)34)25(19-8-9-19)27(24)37-30-39-38-29(42-30)21-6-4-3-5-7-21/h3-7,10-13,18H,2,8-9,14-17H2,1H3,(H,37,39). The Hall–Kier alpha value is -4.09. The van der Waals surface area contributed by atoms with Crippen molar-refractivity contribution in [3.05, 3.63) is 82.4 Å². The average molecular weight is 588 g/mol. The molecule has 0 radical (unpaired) electrons. The lowest BCUT2D eigenvalue weighted by atomic mass is 10.1. The van der Waals surface area contributed by atoms with Gasteiger partial charge in [-0.15, -0.1) is 10.2 Å². The molecule has 4 aromatic rings. The highest BCUT2D eigenvalue weighted by molar-refractivity contribution is 7.18. The van der Waals surface area contributed by atoms with E-state index in [1.807, 2.05) is 30.3 Å². The Labute approximate surface area is 244 Å². The van der Waals surface area contributed by atoms with Gasteiger partial charge in [-0.3, -0.25) is 0 Å². The van der Waals surface area contributed by atoms with Gasteiger partial charge in [0.2, 0.25) is 5.13 Å². The highest BCUT2D eigenvalue weighted by Gasteiger charge is 2.31. The number of aliphatic imine (C=N–C) groups is 1. The maximum atomic E-state index is 13.2. The Morgan fingerprint density at radius 2 is 1.62 bits per heavy atom. The molecule has 1 aromatic heterocycles. The van der Waals surface area contributed by atoms with Crippen LogP contribution in [0.25, 0.3) is 16.1 Å². The SMILES string of the molecule is CCN1CCN(c2cc3c(c(=C4CC4)c2Nc2nnc(-c4ccccc4)s2)=NC(c2ccc(C(F)(F)F)cc2)=N3)CC1. The van der Waals surface area contributed by atoms with Crippen LogP contribution < -0.4 is 20.8 Å². The van der Waals surface area contributed by atoms with Gasteiger partial charge in [-0.2, -0.15) is 13.2 Å². The second kappa shape index (κ2) is 10.6. The lowest BCUT2D eigenvalue weighted by Gasteiger charge is -2.36. The Morgan fingerprint density at radius 3 is 2.29 bits per heavy atom. The van der Waals surface area contributed by atoms with Gasteiger partial charge >= 0.3 is 6.18 Å². The summed E-state index contributed by atoms with van der Waals surface area (Å²) in [4.78, 5) is 14.5. The summed E-state index contributed by atoms with van der Waals surface area (Å²) in [6, 6.07) is 17.1. The molecule has 0 spiro atoms. The topological polar surface area (TPSA) is 69.0 Å². The van der Waals surface area contributed by atoms with Crippen LogP contribution in [0.3, 0.4) is 0 Å². The van der Waals surface area contributed by atoms with Gasteiger partial charge in [0.05, 0.1) is 22.6 Å². The van der Waals surface area contributed by atoms with Crippen LogP contribution in [-0.4, -0.2) is 53.7 Å². The molecule has 0 bridgehead atoms.